The van der Waals surface area contributed by atoms with Crippen molar-refractivity contribution in [3.05, 3.63) is 52.5 Å². The molecule has 0 unspecified atom stereocenters. The number of phenolic OH excluding ortho intramolecular Hbond substituents is 1. The van der Waals surface area contributed by atoms with Crippen LogP contribution in [0.4, 0.5) is 0 Å². The van der Waals surface area contributed by atoms with Gasteiger partial charge in [0.1, 0.15) is 5.75 Å². The van der Waals surface area contributed by atoms with Gasteiger partial charge in [0.15, 0.2) is 11.5 Å². The second kappa shape index (κ2) is 7.23. The molecule has 0 bridgehead atoms. The van der Waals surface area contributed by atoms with Gasteiger partial charge in [-0.25, -0.2) is 0 Å². The zero-order valence-electron chi connectivity index (χ0n) is 12.9. The molecule has 0 saturated heterocycles. The topological polar surface area (TPSA) is 55.5 Å². The van der Waals surface area contributed by atoms with Gasteiger partial charge in [-0.2, -0.15) is 0 Å². The third kappa shape index (κ3) is 4.29. The van der Waals surface area contributed by atoms with Crippen molar-refractivity contribution in [3.8, 4) is 17.2 Å². The van der Waals surface area contributed by atoms with Crippen LogP contribution in [0.25, 0.3) is 0 Å². The molecular formula is C17H21Cl2NO2. The highest BCUT2D eigenvalue weighted by molar-refractivity contribution is 6.30. The third-order valence-corrected chi connectivity index (χ3v) is 3.53. The Morgan fingerprint density at radius 2 is 1.73 bits per heavy atom. The summed E-state index contributed by atoms with van der Waals surface area (Å²) in [5.74, 6) is 1.11. The minimum atomic E-state index is -0.0598. The molecule has 3 nitrogen and oxygen atoms in total. The lowest BCUT2D eigenvalue weighted by molar-refractivity contribution is 0.404. The predicted molar refractivity (Wildman–Crippen MR) is 93.5 cm³/mol. The van der Waals surface area contributed by atoms with E-state index in [1.54, 1.807) is 24.3 Å². The molecule has 0 amide bonds. The van der Waals surface area contributed by atoms with Crippen molar-refractivity contribution in [2.45, 2.75) is 32.7 Å². The maximum Gasteiger partial charge on any atom is 0.169 e. The van der Waals surface area contributed by atoms with Gasteiger partial charge in [-0.05, 0) is 41.3 Å². The minimum Gasteiger partial charge on any atom is -0.504 e. The fourth-order valence-electron chi connectivity index (χ4n) is 1.96. The Hall–Kier alpha value is -1.42. The molecule has 2 aromatic rings. The number of phenols is 1. The van der Waals surface area contributed by atoms with Crippen LogP contribution in [0.5, 0.6) is 17.2 Å². The van der Waals surface area contributed by atoms with Crippen LogP contribution < -0.4 is 10.5 Å². The van der Waals surface area contributed by atoms with E-state index in [4.69, 9.17) is 22.1 Å². The summed E-state index contributed by atoms with van der Waals surface area (Å²) in [5, 5.41) is 10.9. The van der Waals surface area contributed by atoms with Gasteiger partial charge < -0.3 is 15.6 Å². The van der Waals surface area contributed by atoms with E-state index in [0.29, 0.717) is 22.1 Å². The van der Waals surface area contributed by atoms with Crippen LogP contribution in [0.2, 0.25) is 5.02 Å². The molecule has 0 atom stereocenters. The van der Waals surface area contributed by atoms with Crippen LogP contribution in [-0.4, -0.2) is 5.11 Å². The smallest absolute Gasteiger partial charge is 0.169 e. The Labute approximate surface area is 142 Å². The summed E-state index contributed by atoms with van der Waals surface area (Å²) >= 11 is 5.86. The third-order valence-electron chi connectivity index (χ3n) is 3.28. The molecule has 0 heterocycles. The normalized spacial score (nSPS) is 11.0. The number of hydrogen-bond acceptors (Lipinski definition) is 3. The molecule has 0 aliphatic carbocycles. The molecule has 0 saturated carbocycles. The van der Waals surface area contributed by atoms with Gasteiger partial charge in [-0.15, -0.1) is 12.4 Å². The second-order valence-corrected chi connectivity index (χ2v) is 6.43. The highest BCUT2D eigenvalue weighted by Gasteiger charge is 2.19. The van der Waals surface area contributed by atoms with Gasteiger partial charge in [0.05, 0.1) is 0 Å². The molecule has 2 aromatic carbocycles. The van der Waals surface area contributed by atoms with Crippen LogP contribution in [0.3, 0.4) is 0 Å². The van der Waals surface area contributed by atoms with E-state index in [-0.39, 0.29) is 30.1 Å². The molecule has 0 radical (unpaired) electrons. The number of rotatable bonds is 3. The van der Waals surface area contributed by atoms with E-state index in [1.807, 2.05) is 12.1 Å². The first-order chi connectivity index (χ1) is 9.81. The molecule has 5 heteroatoms. The molecular weight excluding hydrogens is 321 g/mol. The first kappa shape index (κ1) is 18.6. The van der Waals surface area contributed by atoms with Crippen LogP contribution >= 0.6 is 24.0 Å². The van der Waals surface area contributed by atoms with Gasteiger partial charge in [0.2, 0.25) is 0 Å². The summed E-state index contributed by atoms with van der Waals surface area (Å²) in [6.07, 6.45) is 0. The molecule has 22 heavy (non-hydrogen) atoms. The van der Waals surface area contributed by atoms with Crippen LogP contribution in [0.1, 0.15) is 31.9 Å². The highest BCUT2D eigenvalue weighted by Crippen LogP contribution is 2.38. The first-order valence-corrected chi connectivity index (χ1v) is 7.19. The summed E-state index contributed by atoms with van der Waals surface area (Å²) in [5.41, 5.74) is 7.38. The van der Waals surface area contributed by atoms with Gasteiger partial charge in [-0.1, -0.05) is 38.4 Å². The lowest BCUT2D eigenvalue weighted by Crippen LogP contribution is -2.12. The fourth-order valence-corrected chi connectivity index (χ4v) is 2.09. The average Bonchev–Trinajstić information content (AvgIpc) is 2.42. The van der Waals surface area contributed by atoms with Crippen LogP contribution in [0.15, 0.2) is 36.4 Å². The highest BCUT2D eigenvalue weighted by atomic mass is 35.5. The zero-order valence-corrected chi connectivity index (χ0v) is 14.5. The summed E-state index contributed by atoms with van der Waals surface area (Å²) in [4.78, 5) is 0. The van der Waals surface area contributed by atoms with Crippen molar-refractivity contribution in [3.63, 3.8) is 0 Å². The maximum absolute atomic E-state index is 10.3. The minimum absolute atomic E-state index is 0. The Morgan fingerprint density at radius 3 is 2.23 bits per heavy atom. The molecule has 0 fully saturated rings. The summed E-state index contributed by atoms with van der Waals surface area (Å²) in [7, 11) is 0. The number of halogens is 2. The van der Waals surface area contributed by atoms with Crippen LogP contribution in [0, 0.1) is 0 Å². The van der Waals surface area contributed by atoms with E-state index in [9.17, 15) is 5.11 Å². The molecule has 0 aliphatic rings. The Kier molecular flexibility index (Phi) is 6.12. The van der Waals surface area contributed by atoms with Gasteiger partial charge >= 0.3 is 0 Å². The molecule has 0 spiro atoms. The van der Waals surface area contributed by atoms with Gasteiger partial charge in [0.25, 0.3) is 0 Å². The average molecular weight is 342 g/mol. The Balaban J connectivity index is 0.00000242. The maximum atomic E-state index is 10.3. The predicted octanol–water partition coefficient (Wildman–Crippen LogP) is 5.02. The van der Waals surface area contributed by atoms with Crippen molar-refractivity contribution in [1.29, 1.82) is 0 Å². The number of nitrogens with two attached hydrogens (primary N) is 1. The number of ether oxygens (including phenoxy) is 1. The Morgan fingerprint density at radius 1 is 1.14 bits per heavy atom. The molecule has 3 N–H and O–H groups in total. The van der Waals surface area contributed by atoms with Gasteiger partial charge in [-0.3, -0.25) is 0 Å². The van der Waals surface area contributed by atoms with E-state index >= 15 is 0 Å². The largest absolute Gasteiger partial charge is 0.504 e. The molecule has 2 rings (SSSR count). The summed E-state index contributed by atoms with van der Waals surface area (Å²) < 4.78 is 5.78. The molecule has 0 aliphatic heterocycles. The second-order valence-electron chi connectivity index (χ2n) is 5.99. The first-order valence-electron chi connectivity index (χ1n) is 6.81. The number of aromatic hydroxyl groups is 1. The SMILES string of the molecule is CC(C)(C)c1cc(CN)c(O)c(Oc2ccc(Cl)cc2)c1.Cl. The van der Waals surface area contributed by atoms with Crippen molar-refractivity contribution < 1.29 is 9.84 Å². The standard InChI is InChI=1S/C17H20ClNO2.ClH/c1-17(2,3)12-8-11(10-19)16(20)15(9-12)21-14-6-4-13(18)5-7-14;/h4-9,20H,10,19H2,1-3H3;1H. The number of benzene rings is 2. The quantitative estimate of drug-likeness (QED) is 0.824. The van der Waals surface area contributed by atoms with Crippen LogP contribution in [-0.2, 0) is 12.0 Å². The van der Waals surface area contributed by atoms with E-state index in [1.165, 1.54) is 0 Å². The molecule has 0 aromatic heterocycles. The summed E-state index contributed by atoms with van der Waals surface area (Å²) in [6.45, 7) is 6.57. The van der Waals surface area contributed by atoms with Crippen molar-refractivity contribution in [2.75, 3.05) is 0 Å². The Bertz CT molecular complexity index is 634. The van der Waals surface area contributed by atoms with Crippen molar-refractivity contribution in [1.82, 2.24) is 0 Å². The summed E-state index contributed by atoms with van der Waals surface area (Å²) in [6, 6.07) is 10.8. The fraction of sp³-hybridized carbons (Fsp3) is 0.294. The van der Waals surface area contributed by atoms with Crippen molar-refractivity contribution >= 4 is 24.0 Å². The van der Waals surface area contributed by atoms with E-state index in [2.05, 4.69) is 20.8 Å². The lowest BCUT2D eigenvalue weighted by atomic mass is 9.85. The van der Waals surface area contributed by atoms with Crippen molar-refractivity contribution in [2.24, 2.45) is 5.73 Å². The lowest BCUT2D eigenvalue weighted by Gasteiger charge is -2.22. The monoisotopic (exact) mass is 341 g/mol. The van der Waals surface area contributed by atoms with E-state index in [0.717, 1.165) is 5.56 Å². The number of hydrogen-bond donors (Lipinski definition) is 2. The zero-order chi connectivity index (χ0) is 15.6. The van der Waals surface area contributed by atoms with E-state index < -0.39 is 0 Å². The molecule has 120 valence electrons. The van der Waals surface area contributed by atoms with Gasteiger partial charge in [0, 0.05) is 17.1 Å².